The largest absolute Gasteiger partial charge is 0.275 e. The molecule has 0 aromatic carbocycles. The topological polar surface area (TPSA) is 30.0 Å². The van der Waals surface area contributed by atoms with Gasteiger partial charge in [-0.2, -0.15) is 0 Å². The maximum absolute atomic E-state index is 12.4. The second kappa shape index (κ2) is 4.97. The van der Waals surface area contributed by atoms with E-state index in [1.807, 2.05) is 0 Å². The molecule has 2 nitrogen and oxygen atoms in total. The normalized spacial score (nSPS) is 10.7. The van der Waals surface area contributed by atoms with Crippen molar-refractivity contribution in [2.45, 2.75) is 6.43 Å². The number of hydrogen-bond donors (Lipinski definition) is 0. The molecule has 1 heterocycles. The maximum atomic E-state index is 12.4. The first kappa shape index (κ1) is 12.5. The lowest BCUT2D eigenvalue weighted by Crippen LogP contribution is -2.04. The lowest BCUT2D eigenvalue weighted by molar-refractivity contribution is 0.107. The van der Waals surface area contributed by atoms with Gasteiger partial charge in [-0.3, -0.25) is 4.79 Å². The highest BCUT2D eigenvalue weighted by Crippen LogP contribution is 2.29. The number of halogens is 5. The van der Waals surface area contributed by atoms with Gasteiger partial charge in [-0.25, -0.2) is 13.8 Å². The molecule has 0 aliphatic heterocycles. The molecule has 7 heteroatoms. The number of aromatic nitrogens is 1. The molecule has 14 heavy (non-hydrogen) atoms. The van der Waals surface area contributed by atoms with E-state index in [2.05, 4.69) is 4.98 Å². The predicted molar refractivity (Wildman–Crippen MR) is 64.8 cm³/mol. The van der Waals surface area contributed by atoms with Gasteiger partial charge in [-0.1, -0.05) is 0 Å². The molecule has 0 saturated carbocycles. The molecule has 0 saturated heterocycles. The van der Waals surface area contributed by atoms with Crippen molar-refractivity contribution in [1.82, 2.24) is 4.98 Å². The average Bonchev–Trinajstić information content (AvgIpc) is 2.02. The highest BCUT2D eigenvalue weighted by molar-refractivity contribution is 14.1. The van der Waals surface area contributed by atoms with Crippen molar-refractivity contribution in [3.8, 4) is 0 Å². The molecular formula is C7H2ClF2I2NO. The minimum absolute atomic E-state index is 0.0469. The summed E-state index contributed by atoms with van der Waals surface area (Å²) >= 11 is 8.70. The Morgan fingerprint density at radius 3 is 2.50 bits per heavy atom. The summed E-state index contributed by atoms with van der Waals surface area (Å²) in [5, 5.41) is -0.770. The van der Waals surface area contributed by atoms with Crippen LogP contribution in [0.3, 0.4) is 0 Å². The molecule has 0 N–H and O–H groups in total. The quantitative estimate of drug-likeness (QED) is 0.397. The van der Waals surface area contributed by atoms with Crippen LogP contribution in [0.2, 0.25) is 0 Å². The first-order valence-electron chi connectivity index (χ1n) is 3.27. The lowest BCUT2D eigenvalue weighted by Gasteiger charge is -2.07. The molecule has 76 valence electrons. The van der Waals surface area contributed by atoms with Crippen LogP contribution in [0.4, 0.5) is 8.78 Å². The van der Waals surface area contributed by atoms with Gasteiger partial charge >= 0.3 is 0 Å². The Balaban J connectivity index is 3.41. The van der Waals surface area contributed by atoms with Gasteiger partial charge < -0.3 is 0 Å². The summed E-state index contributed by atoms with van der Waals surface area (Å²) in [4.78, 5) is 14.6. The minimum Gasteiger partial charge on any atom is -0.275 e. The number of pyridine rings is 1. The van der Waals surface area contributed by atoms with E-state index in [4.69, 9.17) is 11.6 Å². The number of hydrogen-bond acceptors (Lipinski definition) is 2. The molecule has 1 rings (SSSR count). The third-order valence-corrected chi connectivity index (χ3v) is 3.60. The number of alkyl halides is 2. The van der Waals surface area contributed by atoms with Gasteiger partial charge in [0, 0.05) is 9.77 Å². The van der Waals surface area contributed by atoms with Crippen LogP contribution in [0.15, 0.2) is 6.20 Å². The van der Waals surface area contributed by atoms with Crippen LogP contribution >= 0.6 is 56.8 Å². The van der Waals surface area contributed by atoms with Crippen molar-refractivity contribution in [1.29, 1.82) is 0 Å². The van der Waals surface area contributed by atoms with Crippen LogP contribution in [0, 0.1) is 7.27 Å². The summed E-state index contributed by atoms with van der Waals surface area (Å²) in [7, 11) is 0. The first-order chi connectivity index (χ1) is 6.45. The minimum atomic E-state index is -2.65. The van der Waals surface area contributed by atoms with E-state index < -0.39 is 11.7 Å². The van der Waals surface area contributed by atoms with Gasteiger partial charge in [0.2, 0.25) is 0 Å². The molecule has 0 aliphatic rings. The Morgan fingerprint density at radius 1 is 1.50 bits per heavy atom. The van der Waals surface area contributed by atoms with Crippen LogP contribution in [0.5, 0.6) is 0 Å². The van der Waals surface area contributed by atoms with E-state index >= 15 is 0 Å². The van der Waals surface area contributed by atoms with E-state index in [0.29, 0.717) is 3.70 Å². The van der Waals surface area contributed by atoms with Gasteiger partial charge in [-0.15, -0.1) is 0 Å². The van der Waals surface area contributed by atoms with Crippen LogP contribution in [-0.4, -0.2) is 10.2 Å². The van der Waals surface area contributed by atoms with E-state index in [1.165, 1.54) is 0 Å². The molecule has 1 aromatic rings. The maximum Gasteiger partial charge on any atom is 0.266 e. The van der Waals surface area contributed by atoms with Gasteiger partial charge in [0.1, 0.15) is 3.70 Å². The van der Waals surface area contributed by atoms with Gasteiger partial charge in [0.25, 0.3) is 11.7 Å². The second-order valence-corrected chi connectivity index (χ2v) is 4.71. The summed E-state index contributed by atoms with van der Waals surface area (Å²) in [6, 6.07) is 0. The van der Waals surface area contributed by atoms with Crippen LogP contribution < -0.4 is 0 Å². The third kappa shape index (κ3) is 2.51. The third-order valence-electron chi connectivity index (χ3n) is 1.43. The molecule has 0 unspecified atom stereocenters. The molecule has 0 radical (unpaired) electrons. The Hall–Kier alpha value is 0.430. The standard InChI is InChI=1S/C7H2ClF2I2NO/c8-5(14)3-4(11)2(6(9)10)1-13-7(3)12/h1,6H. The molecule has 0 amide bonds. The molecular weight excluding hydrogens is 441 g/mol. The molecule has 0 spiro atoms. The van der Waals surface area contributed by atoms with Crippen molar-refractivity contribution in [3.63, 3.8) is 0 Å². The second-order valence-electron chi connectivity index (χ2n) is 2.27. The molecule has 0 fully saturated rings. The molecule has 0 bridgehead atoms. The summed E-state index contributed by atoms with van der Waals surface area (Å²) in [5.41, 5.74) is -0.222. The fourth-order valence-electron chi connectivity index (χ4n) is 0.802. The summed E-state index contributed by atoms with van der Waals surface area (Å²) in [6.07, 6.45) is -1.60. The van der Waals surface area contributed by atoms with E-state index in [1.54, 1.807) is 45.2 Å². The molecule has 1 aromatic heterocycles. The monoisotopic (exact) mass is 443 g/mol. The fraction of sp³-hybridized carbons (Fsp3) is 0.143. The first-order valence-corrected chi connectivity index (χ1v) is 5.80. The van der Waals surface area contributed by atoms with Gasteiger partial charge in [0.05, 0.1) is 11.1 Å². The smallest absolute Gasteiger partial charge is 0.266 e. The SMILES string of the molecule is O=C(Cl)c1c(I)ncc(C(F)F)c1I. The van der Waals surface area contributed by atoms with Gasteiger partial charge in [0.15, 0.2) is 0 Å². The zero-order valence-electron chi connectivity index (χ0n) is 6.40. The Morgan fingerprint density at radius 2 is 2.07 bits per heavy atom. The highest BCUT2D eigenvalue weighted by Gasteiger charge is 2.20. The summed E-state index contributed by atoms with van der Waals surface area (Å²) in [6.45, 7) is 0. The van der Waals surface area contributed by atoms with E-state index in [0.717, 1.165) is 6.20 Å². The van der Waals surface area contributed by atoms with E-state index in [9.17, 15) is 13.6 Å². The van der Waals surface area contributed by atoms with Crippen molar-refractivity contribution in [3.05, 3.63) is 24.6 Å². The number of nitrogens with zero attached hydrogens (tertiary/aromatic N) is 1. The molecule has 0 aliphatic carbocycles. The van der Waals surface area contributed by atoms with Crippen molar-refractivity contribution in [2.24, 2.45) is 0 Å². The van der Waals surface area contributed by atoms with Crippen molar-refractivity contribution in [2.75, 3.05) is 0 Å². The zero-order valence-corrected chi connectivity index (χ0v) is 11.5. The van der Waals surface area contributed by atoms with Gasteiger partial charge in [-0.05, 0) is 56.8 Å². The molecule has 0 atom stereocenters. The summed E-state index contributed by atoms with van der Waals surface area (Å²) in [5.74, 6) is 0. The number of rotatable bonds is 2. The fourth-order valence-corrected chi connectivity index (χ4v) is 3.35. The summed E-state index contributed by atoms with van der Waals surface area (Å²) < 4.78 is 25.3. The average molecular weight is 443 g/mol. The highest BCUT2D eigenvalue weighted by atomic mass is 127. The Kier molecular flexibility index (Phi) is 4.44. The van der Waals surface area contributed by atoms with Crippen LogP contribution in [0.25, 0.3) is 0 Å². The zero-order chi connectivity index (χ0) is 10.9. The van der Waals surface area contributed by atoms with Crippen molar-refractivity contribution < 1.29 is 13.6 Å². The van der Waals surface area contributed by atoms with E-state index in [-0.39, 0.29) is 14.7 Å². The van der Waals surface area contributed by atoms with Crippen LogP contribution in [-0.2, 0) is 0 Å². The van der Waals surface area contributed by atoms with Crippen LogP contribution in [0.1, 0.15) is 22.3 Å². The predicted octanol–water partition coefficient (Wildman–Crippen LogP) is 3.61. The van der Waals surface area contributed by atoms with Crippen molar-refractivity contribution >= 4 is 62.0 Å². The lowest BCUT2D eigenvalue weighted by atomic mass is 10.2. The Bertz CT molecular complexity index is 386. The number of carbonyl (C=O) groups is 1. The Labute approximate surface area is 111 Å². The number of carbonyl (C=O) groups excluding carboxylic acids is 1.